The molecule has 36 heavy (non-hydrogen) atoms. The summed E-state index contributed by atoms with van der Waals surface area (Å²) in [5.74, 6) is 0.360. The molecule has 0 amide bonds. The normalized spacial score (nSPS) is 12.8. The number of aryl methyl sites for hydroxylation is 1. The summed E-state index contributed by atoms with van der Waals surface area (Å²) >= 11 is 0. The van der Waals surface area contributed by atoms with Gasteiger partial charge in [-0.05, 0) is 42.8 Å². The van der Waals surface area contributed by atoms with E-state index in [2.05, 4.69) is 10.3 Å². The average Bonchev–Trinajstić information content (AvgIpc) is 3.26. The molecule has 1 aromatic heterocycles. The molecule has 0 aliphatic rings. The van der Waals surface area contributed by atoms with Crippen LogP contribution in [-0.2, 0) is 17.8 Å². The second-order valence-corrected chi connectivity index (χ2v) is 8.63. The number of hydrogen-bond donors (Lipinski definition) is 2. The van der Waals surface area contributed by atoms with E-state index in [1.165, 1.54) is 6.07 Å². The number of rotatable bonds is 11. The van der Waals surface area contributed by atoms with Gasteiger partial charge in [0.1, 0.15) is 23.4 Å². The van der Waals surface area contributed by atoms with Gasteiger partial charge < -0.3 is 14.3 Å². The molecule has 7 heteroatoms. The average molecular weight is 489 g/mol. The Morgan fingerprint density at radius 2 is 1.75 bits per heavy atom. The van der Waals surface area contributed by atoms with Crippen LogP contribution in [0.4, 0.5) is 4.39 Å². The lowest BCUT2D eigenvalue weighted by molar-refractivity contribution is -0.140. The fourth-order valence-electron chi connectivity index (χ4n) is 4.03. The van der Waals surface area contributed by atoms with Crippen LogP contribution in [0.5, 0.6) is 5.75 Å². The summed E-state index contributed by atoms with van der Waals surface area (Å²) < 4.78 is 25.6. The van der Waals surface area contributed by atoms with Crippen LogP contribution < -0.4 is 10.1 Å². The van der Waals surface area contributed by atoms with Gasteiger partial charge in [0.25, 0.3) is 0 Å². The summed E-state index contributed by atoms with van der Waals surface area (Å²) in [7, 11) is 0. The molecule has 3 aromatic carbocycles. The molecule has 0 saturated heterocycles. The zero-order valence-electron chi connectivity index (χ0n) is 20.3. The predicted octanol–water partition coefficient (Wildman–Crippen LogP) is 5.76. The molecule has 4 rings (SSSR count). The zero-order chi connectivity index (χ0) is 25.5. The van der Waals surface area contributed by atoms with E-state index in [4.69, 9.17) is 9.15 Å². The third kappa shape index (κ3) is 6.17. The molecule has 0 saturated carbocycles. The van der Waals surface area contributed by atoms with Gasteiger partial charge in [-0.3, -0.25) is 10.1 Å². The molecule has 2 N–H and O–H groups in total. The molecule has 186 valence electrons. The number of aliphatic carboxylic acids is 1. The Kier molecular flexibility index (Phi) is 8.13. The van der Waals surface area contributed by atoms with E-state index in [1.54, 1.807) is 18.2 Å². The number of ether oxygens (including phenoxy) is 1. The number of benzene rings is 3. The van der Waals surface area contributed by atoms with E-state index in [0.717, 1.165) is 22.6 Å². The number of hydrogen-bond acceptors (Lipinski definition) is 5. The number of carboxylic acid groups (broad SMARTS) is 1. The highest BCUT2D eigenvalue weighted by atomic mass is 19.1. The van der Waals surface area contributed by atoms with E-state index in [-0.39, 0.29) is 18.3 Å². The molecule has 0 radical (unpaired) electrons. The lowest BCUT2D eigenvalue weighted by atomic mass is 9.93. The fraction of sp³-hybridized carbons (Fsp3) is 0.241. The highest BCUT2D eigenvalue weighted by Gasteiger charge is 2.26. The summed E-state index contributed by atoms with van der Waals surface area (Å²) in [6.07, 6.45) is 0.599. The van der Waals surface area contributed by atoms with Crippen LogP contribution in [0.25, 0.3) is 11.5 Å². The Hall–Kier alpha value is -3.97. The van der Waals surface area contributed by atoms with Crippen LogP contribution in [0.3, 0.4) is 0 Å². The van der Waals surface area contributed by atoms with Crippen molar-refractivity contribution in [2.45, 2.75) is 38.8 Å². The van der Waals surface area contributed by atoms with Crippen LogP contribution in [0, 0.1) is 12.7 Å². The van der Waals surface area contributed by atoms with Crippen molar-refractivity contribution in [1.29, 1.82) is 0 Å². The minimum Gasteiger partial charge on any atom is -0.493 e. The van der Waals surface area contributed by atoms with Crippen LogP contribution in [0.2, 0.25) is 0 Å². The number of nitrogens with zero attached hydrogens (tertiary/aromatic N) is 1. The van der Waals surface area contributed by atoms with Gasteiger partial charge in [-0.25, -0.2) is 9.37 Å². The van der Waals surface area contributed by atoms with Crippen molar-refractivity contribution >= 4 is 5.97 Å². The number of halogens is 1. The number of nitrogens with one attached hydrogen (secondary N) is 1. The van der Waals surface area contributed by atoms with E-state index in [0.29, 0.717) is 30.2 Å². The van der Waals surface area contributed by atoms with Crippen molar-refractivity contribution in [3.05, 3.63) is 107 Å². The van der Waals surface area contributed by atoms with Crippen LogP contribution in [-0.4, -0.2) is 28.7 Å². The van der Waals surface area contributed by atoms with Crippen molar-refractivity contribution < 1.29 is 23.4 Å². The second kappa shape index (κ2) is 11.6. The molecule has 0 bridgehead atoms. The lowest BCUT2D eigenvalue weighted by Crippen LogP contribution is -2.40. The number of oxazole rings is 1. The fourth-order valence-corrected chi connectivity index (χ4v) is 4.03. The van der Waals surface area contributed by atoms with E-state index in [1.807, 2.05) is 68.4 Å². The molecule has 0 aliphatic heterocycles. The summed E-state index contributed by atoms with van der Waals surface area (Å²) in [6, 6.07) is 22.6. The van der Waals surface area contributed by atoms with Gasteiger partial charge in [0.05, 0.1) is 12.3 Å². The third-order valence-electron chi connectivity index (χ3n) is 6.16. The molecular formula is C29H29FN2O4. The van der Waals surface area contributed by atoms with E-state index in [9.17, 15) is 14.3 Å². The first-order chi connectivity index (χ1) is 17.4. The SMILES string of the molecule is Cc1oc(-c2ccccc2)nc1CCOc1ccc(C(C)C(NCc2ccccc2F)C(=O)O)cc1. The smallest absolute Gasteiger partial charge is 0.321 e. The van der Waals surface area contributed by atoms with Crippen LogP contribution >= 0.6 is 0 Å². The first-order valence-corrected chi connectivity index (χ1v) is 11.9. The van der Waals surface area contributed by atoms with Crippen molar-refractivity contribution in [2.75, 3.05) is 6.61 Å². The molecule has 0 fully saturated rings. The monoisotopic (exact) mass is 488 g/mol. The van der Waals surface area contributed by atoms with Gasteiger partial charge >= 0.3 is 5.97 Å². The minimum absolute atomic E-state index is 0.128. The standard InChI is InChI=1S/C29H29FN2O4/c1-19(27(29(33)34)31-18-23-10-6-7-11-25(23)30)21-12-14-24(15-13-21)35-17-16-26-20(2)36-28(32-26)22-8-4-3-5-9-22/h3-15,19,27,31H,16-18H2,1-2H3,(H,33,34). The van der Waals surface area contributed by atoms with Crippen molar-refractivity contribution in [3.63, 3.8) is 0 Å². The molecular weight excluding hydrogens is 459 g/mol. The zero-order valence-corrected chi connectivity index (χ0v) is 20.3. The maximum Gasteiger partial charge on any atom is 0.321 e. The number of carboxylic acids is 1. The Labute approximate surface area is 209 Å². The molecule has 2 unspecified atom stereocenters. The van der Waals surface area contributed by atoms with Crippen molar-refractivity contribution in [2.24, 2.45) is 0 Å². The summed E-state index contributed by atoms with van der Waals surface area (Å²) in [5, 5.41) is 12.7. The summed E-state index contributed by atoms with van der Waals surface area (Å²) in [4.78, 5) is 16.5. The molecule has 4 aromatic rings. The minimum atomic E-state index is -0.989. The third-order valence-corrected chi connectivity index (χ3v) is 6.16. The maximum atomic E-state index is 13.9. The highest BCUT2D eigenvalue weighted by Crippen LogP contribution is 2.24. The first-order valence-electron chi connectivity index (χ1n) is 11.9. The van der Waals surface area contributed by atoms with E-state index >= 15 is 0 Å². The Balaban J connectivity index is 1.33. The predicted molar refractivity (Wildman–Crippen MR) is 135 cm³/mol. The molecule has 0 aliphatic carbocycles. The molecule has 6 nitrogen and oxygen atoms in total. The lowest BCUT2D eigenvalue weighted by Gasteiger charge is -2.22. The maximum absolute atomic E-state index is 13.9. The quantitative estimate of drug-likeness (QED) is 0.279. The topological polar surface area (TPSA) is 84.6 Å². The highest BCUT2D eigenvalue weighted by molar-refractivity contribution is 5.75. The van der Waals surface area contributed by atoms with Crippen molar-refractivity contribution in [3.8, 4) is 17.2 Å². The number of aromatic nitrogens is 1. The summed E-state index contributed by atoms with van der Waals surface area (Å²) in [5.41, 5.74) is 3.05. The second-order valence-electron chi connectivity index (χ2n) is 8.63. The van der Waals surface area contributed by atoms with Gasteiger partial charge in [0.2, 0.25) is 5.89 Å². The molecule has 2 atom stereocenters. The number of carbonyl (C=O) groups is 1. The Morgan fingerprint density at radius 1 is 1.06 bits per heavy atom. The van der Waals surface area contributed by atoms with Crippen molar-refractivity contribution in [1.82, 2.24) is 10.3 Å². The molecule has 0 spiro atoms. The van der Waals surface area contributed by atoms with Gasteiger partial charge in [0, 0.05) is 30.0 Å². The van der Waals surface area contributed by atoms with Gasteiger partial charge in [0.15, 0.2) is 0 Å². The van der Waals surface area contributed by atoms with Crippen LogP contribution in [0.1, 0.15) is 35.4 Å². The summed E-state index contributed by atoms with van der Waals surface area (Å²) in [6.45, 7) is 4.28. The van der Waals surface area contributed by atoms with Gasteiger partial charge in [-0.1, -0.05) is 55.5 Å². The Morgan fingerprint density at radius 3 is 2.44 bits per heavy atom. The molecule has 1 heterocycles. The first kappa shape index (κ1) is 25.1. The largest absolute Gasteiger partial charge is 0.493 e. The van der Waals surface area contributed by atoms with Crippen LogP contribution in [0.15, 0.2) is 83.3 Å². The van der Waals surface area contributed by atoms with Gasteiger partial charge in [-0.2, -0.15) is 0 Å². The van der Waals surface area contributed by atoms with Gasteiger partial charge in [-0.15, -0.1) is 0 Å². The Bertz CT molecular complexity index is 1290. The van der Waals surface area contributed by atoms with E-state index < -0.39 is 12.0 Å².